The molecular weight excluding hydrogens is 232 g/mol. The summed E-state index contributed by atoms with van der Waals surface area (Å²) in [6.07, 6.45) is 0. The summed E-state index contributed by atoms with van der Waals surface area (Å²) in [5, 5.41) is 10.7. The average molecular weight is 245 g/mol. The number of nitrogens with two attached hydrogens (primary N) is 2. The first kappa shape index (κ1) is 14.2. The highest BCUT2D eigenvalue weighted by Gasteiger charge is 2.12. The molecule has 0 saturated carbocycles. The standard InChI is InChI=1S/C9H12N4O2.ClH/c1-6-2-3-7(5-12-9(10)11)8(4-6)13(14)15;/h2-4H,5H2,1H3,(H4,10,11,12);1H. The quantitative estimate of drug-likeness (QED) is 0.359. The zero-order valence-corrected chi connectivity index (χ0v) is 9.53. The highest BCUT2D eigenvalue weighted by atomic mass is 35.5. The third-order valence-corrected chi connectivity index (χ3v) is 1.87. The minimum atomic E-state index is -0.440. The number of rotatable bonds is 3. The lowest BCUT2D eigenvalue weighted by Crippen LogP contribution is -2.22. The summed E-state index contributed by atoms with van der Waals surface area (Å²) in [6.45, 7) is 1.91. The van der Waals surface area contributed by atoms with Crippen LogP contribution in [0.4, 0.5) is 5.69 Å². The Bertz CT molecular complexity index is 416. The normalized spacial score (nSPS) is 9.06. The van der Waals surface area contributed by atoms with E-state index in [1.807, 2.05) is 0 Å². The Kier molecular flexibility index (Phi) is 5.24. The van der Waals surface area contributed by atoms with Crippen LogP contribution in [0, 0.1) is 17.0 Å². The van der Waals surface area contributed by atoms with Crippen molar-refractivity contribution in [2.24, 2.45) is 16.5 Å². The fraction of sp³-hybridized carbons (Fsp3) is 0.222. The Hall–Kier alpha value is -1.82. The van der Waals surface area contributed by atoms with Gasteiger partial charge in [-0.2, -0.15) is 0 Å². The largest absolute Gasteiger partial charge is 0.370 e. The Labute approximate surface area is 98.9 Å². The van der Waals surface area contributed by atoms with Gasteiger partial charge >= 0.3 is 0 Å². The molecule has 0 heterocycles. The molecule has 0 spiro atoms. The van der Waals surface area contributed by atoms with Crippen molar-refractivity contribution in [3.8, 4) is 0 Å². The van der Waals surface area contributed by atoms with Crippen LogP contribution < -0.4 is 11.5 Å². The summed E-state index contributed by atoms with van der Waals surface area (Å²) in [5.74, 6) is -0.0788. The summed E-state index contributed by atoms with van der Waals surface area (Å²) in [6, 6.07) is 4.93. The average Bonchev–Trinajstić information content (AvgIpc) is 2.15. The summed E-state index contributed by atoms with van der Waals surface area (Å²) >= 11 is 0. The molecular formula is C9H13ClN4O2. The number of hydrogen-bond donors (Lipinski definition) is 2. The van der Waals surface area contributed by atoms with Crippen LogP contribution in [0.3, 0.4) is 0 Å². The zero-order valence-electron chi connectivity index (χ0n) is 8.71. The highest BCUT2D eigenvalue weighted by Crippen LogP contribution is 2.20. The van der Waals surface area contributed by atoms with E-state index in [0.717, 1.165) is 5.56 Å². The molecule has 4 N–H and O–H groups in total. The van der Waals surface area contributed by atoms with Crippen LogP contribution in [0.2, 0.25) is 0 Å². The summed E-state index contributed by atoms with van der Waals surface area (Å²) < 4.78 is 0. The molecule has 6 nitrogen and oxygen atoms in total. The first-order valence-electron chi connectivity index (χ1n) is 4.30. The van der Waals surface area contributed by atoms with Crippen LogP contribution in [-0.2, 0) is 6.54 Å². The number of nitro groups is 1. The fourth-order valence-corrected chi connectivity index (χ4v) is 1.15. The van der Waals surface area contributed by atoms with Gasteiger partial charge in [-0.25, -0.2) is 4.99 Å². The molecule has 0 aliphatic carbocycles. The van der Waals surface area contributed by atoms with Crippen LogP contribution >= 0.6 is 12.4 Å². The second-order valence-corrected chi connectivity index (χ2v) is 3.13. The maximum Gasteiger partial charge on any atom is 0.274 e. The Balaban J connectivity index is 0.00000225. The van der Waals surface area contributed by atoms with Gasteiger partial charge in [0.05, 0.1) is 17.0 Å². The lowest BCUT2D eigenvalue weighted by atomic mass is 10.1. The van der Waals surface area contributed by atoms with E-state index in [-0.39, 0.29) is 30.6 Å². The molecule has 0 aromatic heterocycles. The van der Waals surface area contributed by atoms with Gasteiger partial charge in [-0.3, -0.25) is 10.1 Å². The number of nitrogens with zero attached hydrogens (tertiary/aromatic N) is 2. The van der Waals surface area contributed by atoms with Gasteiger partial charge < -0.3 is 11.5 Å². The van der Waals surface area contributed by atoms with Crippen LogP contribution in [0.25, 0.3) is 0 Å². The monoisotopic (exact) mass is 244 g/mol. The van der Waals surface area contributed by atoms with E-state index in [2.05, 4.69) is 4.99 Å². The molecule has 0 bridgehead atoms. The van der Waals surface area contributed by atoms with Crippen molar-refractivity contribution in [1.82, 2.24) is 0 Å². The van der Waals surface area contributed by atoms with Crippen molar-refractivity contribution in [3.63, 3.8) is 0 Å². The number of benzene rings is 1. The van der Waals surface area contributed by atoms with E-state index in [0.29, 0.717) is 5.56 Å². The molecule has 0 aliphatic rings. The SMILES string of the molecule is Cc1ccc(CN=C(N)N)c([N+](=O)[O-])c1.Cl. The lowest BCUT2D eigenvalue weighted by Gasteiger charge is -2.01. The Morgan fingerprint density at radius 2 is 2.12 bits per heavy atom. The molecule has 0 amide bonds. The molecule has 16 heavy (non-hydrogen) atoms. The third kappa shape index (κ3) is 3.74. The predicted octanol–water partition coefficient (Wildman–Crippen LogP) is 1.10. The van der Waals surface area contributed by atoms with Gasteiger partial charge in [-0.15, -0.1) is 12.4 Å². The van der Waals surface area contributed by atoms with Crippen molar-refractivity contribution < 1.29 is 4.92 Å². The predicted molar refractivity (Wildman–Crippen MR) is 64.6 cm³/mol. The molecule has 1 aromatic rings. The topological polar surface area (TPSA) is 108 Å². The molecule has 0 atom stereocenters. The molecule has 0 radical (unpaired) electrons. The molecule has 88 valence electrons. The van der Waals surface area contributed by atoms with Gasteiger partial charge in [0.1, 0.15) is 0 Å². The van der Waals surface area contributed by atoms with Gasteiger partial charge in [0.15, 0.2) is 5.96 Å². The molecule has 7 heteroatoms. The smallest absolute Gasteiger partial charge is 0.274 e. The fourth-order valence-electron chi connectivity index (χ4n) is 1.15. The Morgan fingerprint density at radius 3 is 2.62 bits per heavy atom. The van der Waals surface area contributed by atoms with Gasteiger partial charge in [0.2, 0.25) is 0 Å². The van der Waals surface area contributed by atoms with E-state index in [1.54, 1.807) is 19.1 Å². The van der Waals surface area contributed by atoms with E-state index in [9.17, 15) is 10.1 Å². The minimum absolute atomic E-state index is 0. The van der Waals surface area contributed by atoms with Gasteiger partial charge in [0.25, 0.3) is 5.69 Å². The number of guanidine groups is 1. The zero-order chi connectivity index (χ0) is 11.4. The third-order valence-electron chi connectivity index (χ3n) is 1.87. The number of aliphatic imine (C=N–C) groups is 1. The van der Waals surface area contributed by atoms with Gasteiger partial charge in [0, 0.05) is 6.07 Å². The maximum atomic E-state index is 10.7. The highest BCUT2D eigenvalue weighted by molar-refractivity contribution is 5.85. The van der Waals surface area contributed by atoms with Gasteiger partial charge in [-0.05, 0) is 12.5 Å². The summed E-state index contributed by atoms with van der Waals surface area (Å²) in [7, 11) is 0. The van der Waals surface area contributed by atoms with E-state index < -0.39 is 4.92 Å². The number of nitro benzene ring substituents is 1. The first-order chi connectivity index (χ1) is 7.00. The minimum Gasteiger partial charge on any atom is -0.370 e. The Morgan fingerprint density at radius 1 is 1.50 bits per heavy atom. The number of aryl methyl sites for hydroxylation is 1. The van der Waals surface area contributed by atoms with Crippen LogP contribution in [0.15, 0.2) is 23.2 Å². The van der Waals surface area contributed by atoms with E-state index >= 15 is 0 Å². The van der Waals surface area contributed by atoms with Crippen molar-refractivity contribution in [1.29, 1.82) is 0 Å². The molecule has 0 saturated heterocycles. The molecule has 1 rings (SSSR count). The molecule has 1 aromatic carbocycles. The molecule has 0 aliphatic heterocycles. The van der Waals surface area contributed by atoms with E-state index in [1.165, 1.54) is 6.07 Å². The van der Waals surface area contributed by atoms with Crippen LogP contribution in [0.1, 0.15) is 11.1 Å². The lowest BCUT2D eigenvalue weighted by molar-refractivity contribution is -0.385. The summed E-state index contributed by atoms with van der Waals surface area (Å²) in [5.41, 5.74) is 11.7. The second kappa shape index (κ2) is 5.92. The van der Waals surface area contributed by atoms with Gasteiger partial charge in [-0.1, -0.05) is 12.1 Å². The van der Waals surface area contributed by atoms with Crippen LogP contribution in [-0.4, -0.2) is 10.9 Å². The second-order valence-electron chi connectivity index (χ2n) is 3.13. The molecule has 0 unspecified atom stereocenters. The van der Waals surface area contributed by atoms with Crippen molar-refractivity contribution in [3.05, 3.63) is 39.4 Å². The number of hydrogen-bond acceptors (Lipinski definition) is 3. The van der Waals surface area contributed by atoms with E-state index in [4.69, 9.17) is 11.5 Å². The maximum absolute atomic E-state index is 10.7. The van der Waals surface area contributed by atoms with Crippen molar-refractivity contribution in [2.75, 3.05) is 0 Å². The first-order valence-corrected chi connectivity index (χ1v) is 4.30. The van der Waals surface area contributed by atoms with Crippen LogP contribution in [0.5, 0.6) is 0 Å². The van der Waals surface area contributed by atoms with Crippen molar-refractivity contribution in [2.45, 2.75) is 13.5 Å². The molecule has 0 fully saturated rings. The number of halogens is 1. The summed E-state index contributed by atoms with van der Waals surface area (Å²) in [4.78, 5) is 14.0. The van der Waals surface area contributed by atoms with Crippen molar-refractivity contribution >= 4 is 24.1 Å².